The number of hydrogen-bond donors (Lipinski definition) is 1. The van der Waals surface area contributed by atoms with E-state index in [0.29, 0.717) is 23.4 Å². The molecule has 126 valence electrons. The number of halogens is 1. The molecule has 0 bridgehead atoms. The lowest BCUT2D eigenvalue weighted by molar-refractivity contribution is 0.495. The third-order valence-corrected chi connectivity index (χ3v) is 5.01. The molecule has 1 aliphatic heterocycles. The second kappa shape index (κ2) is 6.75. The van der Waals surface area contributed by atoms with Gasteiger partial charge in [0.15, 0.2) is 11.1 Å². The van der Waals surface area contributed by atoms with Crippen molar-refractivity contribution in [3.8, 4) is 11.1 Å². The topological polar surface area (TPSA) is 43.8 Å². The maximum Gasteiger partial charge on any atom is 0.160 e. The molecule has 0 fully saturated rings. The van der Waals surface area contributed by atoms with Gasteiger partial charge in [-0.15, -0.1) is 0 Å². The monoisotopic (exact) mass is 346 g/mol. The van der Waals surface area contributed by atoms with Crippen molar-refractivity contribution in [3.63, 3.8) is 0 Å². The van der Waals surface area contributed by atoms with Crippen LogP contribution in [-0.4, -0.2) is 27.4 Å². The number of anilines is 1. The first kappa shape index (κ1) is 16.7. The highest BCUT2D eigenvalue weighted by Crippen LogP contribution is 2.34. The Morgan fingerprint density at radius 2 is 1.92 bits per heavy atom. The maximum absolute atomic E-state index is 14.5. The third-order valence-electron chi connectivity index (χ3n) is 4.15. The lowest BCUT2D eigenvalue weighted by atomic mass is 9.97. The predicted octanol–water partition coefficient (Wildman–Crippen LogP) is 3.96. The average Bonchev–Trinajstić information content (AvgIpc) is 3.01. The van der Waals surface area contributed by atoms with Gasteiger partial charge < -0.3 is 14.4 Å². The van der Waals surface area contributed by atoms with Gasteiger partial charge in [0.25, 0.3) is 0 Å². The summed E-state index contributed by atoms with van der Waals surface area (Å²) >= 11 is -2.01. The highest BCUT2D eigenvalue weighted by atomic mass is 32.2. The van der Waals surface area contributed by atoms with Crippen LogP contribution in [0.5, 0.6) is 0 Å². The van der Waals surface area contributed by atoms with Crippen molar-refractivity contribution in [3.05, 3.63) is 66.2 Å². The summed E-state index contributed by atoms with van der Waals surface area (Å²) in [5.74, 6) is -0.348. The van der Waals surface area contributed by atoms with Gasteiger partial charge in [0, 0.05) is 30.7 Å². The largest absolute Gasteiger partial charge is 0.361 e. The van der Waals surface area contributed by atoms with Crippen LogP contribution in [0.3, 0.4) is 0 Å². The normalized spacial score (nSPS) is 16.5. The van der Waals surface area contributed by atoms with Crippen LogP contribution < -0.4 is 4.90 Å². The lowest BCUT2D eigenvalue weighted by Crippen LogP contribution is -2.21. The van der Waals surface area contributed by atoms with E-state index in [1.807, 2.05) is 35.3 Å². The summed E-state index contributed by atoms with van der Waals surface area (Å²) in [5.41, 5.74) is 2.61. The van der Waals surface area contributed by atoms with E-state index in [-0.39, 0.29) is 5.82 Å². The van der Waals surface area contributed by atoms with Crippen LogP contribution >= 0.6 is 0 Å². The molecule has 1 aliphatic rings. The van der Waals surface area contributed by atoms with E-state index in [1.54, 1.807) is 37.3 Å². The fourth-order valence-electron chi connectivity index (χ4n) is 2.80. The van der Waals surface area contributed by atoms with Gasteiger partial charge in [-0.3, -0.25) is 0 Å². The summed E-state index contributed by atoms with van der Waals surface area (Å²) in [4.78, 5) is 4.03. The second-order valence-corrected chi connectivity index (χ2v) is 7.10. The van der Waals surface area contributed by atoms with E-state index < -0.39 is 16.3 Å². The van der Waals surface area contributed by atoms with E-state index in [0.717, 1.165) is 5.69 Å². The van der Waals surface area contributed by atoms with Gasteiger partial charge in [-0.25, -0.2) is 8.60 Å². The molecule has 24 heavy (non-hydrogen) atoms. The van der Waals surface area contributed by atoms with Crippen LogP contribution in [0, 0.1) is 5.82 Å². The molecule has 0 aromatic heterocycles. The van der Waals surface area contributed by atoms with Crippen LogP contribution in [0.25, 0.3) is 11.1 Å². The summed E-state index contributed by atoms with van der Waals surface area (Å²) < 4.78 is 35.4. The summed E-state index contributed by atoms with van der Waals surface area (Å²) in [6, 6.07) is 12.1. The number of nitrogens with zero attached hydrogens (tertiary/aromatic N) is 2. The van der Waals surface area contributed by atoms with E-state index in [4.69, 9.17) is 0 Å². The molecule has 1 heterocycles. The minimum Gasteiger partial charge on any atom is -0.361 e. The van der Waals surface area contributed by atoms with Crippen molar-refractivity contribution in [2.45, 2.75) is 12.2 Å². The molecule has 2 aromatic carbocycles. The Hall–Kier alpha value is -2.18. The molecule has 0 saturated heterocycles. The van der Waals surface area contributed by atoms with Crippen LogP contribution in [0.15, 0.2) is 54.9 Å². The molecule has 0 spiro atoms. The summed E-state index contributed by atoms with van der Waals surface area (Å²) in [6.07, 6.45) is 3.89. The third kappa shape index (κ3) is 3.20. The molecule has 0 aliphatic carbocycles. The van der Waals surface area contributed by atoms with Gasteiger partial charge in [0.05, 0.1) is 11.9 Å². The van der Waals surface area contributed by atoms with E-state index in [1.165, 1.54) is 6.07 Å². The van der Waals surface area contributed by atoms with Gasteiger partial charge in [0.1, 0.15) is 5.82 Å². The molecular formula is C18H19FN2O2S. The summed E-state index contributed by atoms with van der Waals surface area (Å²) in [6.45, 7) is 2.36. The SMILES string of the molecule is CC(c1ccccc1-c1cc(N2C=CN(C)C2)ccc1F)S(=O)O. The zero-order valence-corrected chi connectivity index (χ0v) is 14.3. The molecular weight excluding hydrogens is 327 g/mol. The molecule has 1 N–H and O–H groups in total. The first-order chi connectivity index (χ1) is 11.5. The van der Waals surface area contributed by atoms with Crippen LogP contribution in [-0.2, 0) is 11.1 Å². The zero-order valence-electron chi connectivity index (χ0n) is 13.5. The molecule has 2 unspecified atom stereocenters. The maximum atomic E-state index is 14.5. The fourth-order valence-corrected chi connectivity index (χ4v) is 3.22. The summed E-state index contributed by atoms with van der Waals surface area (Å²) in [7, 11) is 1.97. The molecule has 2 aromatic rings. The Bertz CT molecular complexity index is 809. The number of hydrogen-bond acceptors (Lipinski definition) is 3. The Morgan fingerprint density at radius 1 is 1.17 bits per heavy atom. The van der Waals surface area contributed by atoms with Crippen LogP contribution in [0.1, 0.15) is 17.7 Å². The lowest BCUT2D eigenvalue weighted by Gasteiger charge is -2.20. The van der Waals surface area contributed by atoms with Gasteiger partial charge in [-0.05, 0) is 36.2 Å². The minimum absolute atomic E-state index is 0.348. The highest BCUT2D eigenvalue weighted by molar-refractivity contribution is 7.79. The van der Waals surface area contributed by atoms with Crippen molar-refractivity contribution in [2.24, 2.45) is 0 Å². The molecule has 0 amide bonds. The molecule has 4 nitrogen and oxygen atoms in total. The number of rotatable bonds is 4. The predicted molar refractivity (Wildman–Crippen MR) is 95.3 cm³/mol. The van der Waals surface area contributed by atoms with E-state index >= 15 is 0 Å². The van der Waals surface area contributed by atoms with Crippen molar-refractivity contribution >= 4 is 16.8 Å². The molecule has 2 atom stereocenters. The first-order valence-electron chi connectivity index (χ1n) is 7.61. The quantitative estimate of drug-likeness (QED) is 0.851. The standard InChI is InChI=1S/C18H19FN2O2S/c1-13(24(22)23)15-5-3-4-6-16(15)17-11-14(7-8-18(17)19)21-10-9-20(2)12-21/h3-11,13H,12H2,1-2H3,(H,22,23). The van der Waals surface area contributed by atoms with E-state index in [2.05, 4.69) is 0 Å². The van der Waals surface area contributed by atoms with Crippen LogP contribution in [0.2, 0.25) is 0 Å². The molecule has 0 radical (unpaired) electrons. The van der Waals surface area contributed by atoms with Crippen molar-refractivity contribution in [2.75, 3.05) is 18.6 Å². The Labute approximate surface area is 143 Å². The van der Waals surface area contributed by atoms with E-state index in [9.17, 15) is 13.2 Å². The van der Waals surface area contributed by atoms with Gasteiger partial charge in [0.2, 0.25) is 0 Å². The van der Waals surface area contributed by atoms with Gasteiger partial charge in [-0.1, -0.05) is 24.3 Å². The van der Waals surface area contributed by atoms with Gasteiger partial charge in [-0.2, -0.15) is 0 Å². The Morgan fingerprint density at radius 3 is 2.58 bits per heavy atom. The zero-order chi connectivity index (χ0) is 17.3. The summed E-state index contributed by atoms with van der Waals surface area (Å²) in [5, 5.41) is -0.595. The highest BCUT2D eigenvalue weighted by Gasteiger charge is 2.19. The van der Waals surface area contributed by atoms with Crippen molar-refractivity contribution in [1.82, 2.24) is 4.90 Å². The van der Waals surface area contributed by atoms with Crippen molar-refractivity contribution in [1.29, 1.82) is 0 Å². The van der Waals surface area contributed by atoms with Crippen LogP contribution in [0.4, 0.5) is 10.1 Å². The minimum atomic E-state index is -2.01. The first-order valence-corrected chi connectivity index (χ1v) is 8.78. The fraction of sp³-hybridized carbons (Fsp3) is 0.222. The second-order valence-electron chi connectivity index (χ2n) is 5.84. The van der Waals surface area contributed by atoms with Crippen molar-refractivity contribution < 1.29 is 13.2 Å². The smallest absolute Gasteiger partial charge is 0.160 e. The molecule has 6 heteroatoms. The Balaban J connectivity index is 2.07. The molecule has 3 rings (SSSR count). The average molecular weight is 346 g/mol. The number of benzene rings is 2. The van der Waals surface area contributed by atoms with Gasteiger partial charge >= 0.3 is 0 Å². The Kier molecular flexibility index (Phi) is 4.69. The molecule has 0 saturated carbocycles.